The maximum Gasteiger partial charge on any atom is 0.253 e. The van der Waals surface area contributed by atoms with Crippen molar-refractivity contribution >= 4 is 40.9 Å². The number of nitrogens with zero attached hydrogens (tertiary/aromatic N) is 1. The number of carbonyl (C=O) groups is 2. The number of amides is 2. The quantitative estimate of drug-likeness (QED) is 0.453. The molecule has 0 spiro atoms. The standard InChI is InChI=1S/C26H31N3O4S/c1-29(21-12-8-7-11-20(21)25(31)27-19-9-5-4-6-10-19)26(34)28-24(30)16-14-18-13-15-22(32-2)23(17-18)33-3/h7-8,11-17,19H,4-6,9-10H2,1-3H3,(H,27,31)(H,28,30,34). The number of hydrogen-bond acceptors (Lipinski definition) is 5. The molecular weight excluding hydrogens is 450 g/mol. The van der Waals surface area contributed by atoms with Gasteiger partial charge in [-0.25, -0.2) is 0 Å². The average molecular weight is 482 g/mol. The van der Waals surface area contributed by atoms with Gasteiger partial charge in [-0.15, -0.1) is 0 Å². The van der Waals surface area contributed by atoms with Crippen LogP contribution in [-0.2, 0) is 4.79 Å². The molecule has 2 N–H and O–H groups in total. The second kappa shape index (κ2) is 12.2. The van der Waals surface area contributed by atoms with Crippen molar-refractivity contribution in [2.75, 3.05) is 26.2 Å². The highest BCUT2D eigenvalue weighted by Crippen LogP contribution is 2.28. The van der Waals surface area contributed by atoms with Crippen LogP contribution in [0.3, 0.4) is 0 Å². The van der Waals surface area contributed by atoms with Crippen molar-refractivity contribution in [1.82, 2.24) is 10.6 Å². The largest absolute Gasteiger partial charge is 0.493 e. The number of anilines is 1. The van der Waals surface area contributed by atoms with E-state index in [1.807, 2.05) is 24.3 Å². The van der Waals surface area contributed by atoms with Gasteiger partial charge in [0.1, 0.15) is 0 Å². The lowest BCUT2D eigenvalue weighted by atomic mass is 9.95. The molecule has 34 heavy (non-hydrogen) atoms. The van der Waals surface area contributed by atoms with E-state index in [1.54, 1.807) is 50.4 Å². The minimum atomic E-state index is -0.379. The number of nitrogens with one attached hydrogen (secondary N) is 2. The number of benzene rings is 2. The molecule has 0 aliphatic heterocycles. The topological polar surface area (TPSA) is 79.9 Å². The number of para-hydroxylation sites is 1. The van der Waals surface area contributed by atoms with Gasteiger partial charge >= 0.3 is 0 Å². The van der Waals surface area contributed by atoms with E-state index in [-0.39, 0.29) is 23.0 Å². The summed E-state index contributed by atoms with van der Waals surface area (Å²) < 4.78 is 10.5. The van der Waals surface area contributed by atoms with Crippen LogP contribution in [0.4, 0.5) is 5.69 Å². The Morgan fingerprint density at radius 3 is 2.44 bits per heavy atom. The minimum Gasteiger partial charge on any atom is -0.493 e. The molecule has 0 saturated heterocycles. The van der Waals surface area contributed by atoms with Crippen molar-refractivity contribution in [3.8, 4) is 11.5 Å². The summed E-state index contributed by atoms with van der Waals surface area (Å²) in [6.07, 6.45) is 8.56. The minimum absolute atomic E-state index is 0.128. The molecule has 7 nitrogen and oxygen atoms in total. The Balaban J connectivity index is 1.64. The van der Waals surface area contributed by atoms with Crippen LogP contribution >= 0.6 is 12.2 Å². The predicted molar refractivity (Wildman–Crippen MR) is 139 cm³/mol. The number of thiocarbonyl (C=S) groups is 1. The molecule has 0 bridgehead atoms. The predicted octanol–water partition coefficient (Wildman–Crippen LogP) is 4.32. The van der Waals surface area contributed by atoms with Crippen molar-refractivity contribution in [2.24, 2.45) is 0 Å². The molecule has 0 aromatic heterocycles. The second-order valence-electron chi connectivity index (χ2n) is 8.13. The fourth-order valence-corrected chi connectivity index (χ4v) is 4.14. The Morgan fingerprint density at radius 2 is 1.74 bits per heavy atom. The molecule has 1 aliphatic carbocycles. The Morgan fingerprint density at radius 1 is 1.03 bits per heavy atom. The lowest BCUT2D eigenvalue weighted by molar-refractivity contribution is -0.115. The van der Waals surface area contributed by atoms with Crippen molar-refractivity contribution in [3.63, 3.8) is 0 Å². The van der Waals surface area contributed by atoms with E-state index in [4.69, 9.17) is 21.7 Å². The van der Waals surface area contributed by atoms with Crippen LogP contribution in [0.2, 0.25) is 0 Å². The summed E-state index contributed by atoms with van der Waals surface area (Å²) in [5, 5.41) is 6.02. The normalized spacial score (nSPS) is 13.9. The highest BCUT2D eigenvalue weighted by Gasteiger charge is 2.21. The molecule has 0 unspecified atom stereocenters. The van der Waals surface area contributed by atoms with Gasteiger partial charge in [-0.1, -0.05) is 37.5 Å². The van der Waals surface area contributed by atoms with Crippen LogP contribution in [0, 0.1) is 0 Å². The first-order chi connectivity index (χ1) is 16.4. The van der Waals surface area contributed by atoms with Crippen molar-refractivity contribution in [2.45, 2.75) is 38.1 Å². The monoisotopic (exact) mass is 481 g/mol. The van der Waals surface area contributed by atoms with Crippen LogP contribution in [0.5, 0.6) is 11.5 Å². The van der Waals surface area contributed by atoms with Gasteiger partial charge in [-0.2, -0.15) is 0 Å². The lowest BCUT2D eigenvalue weighted by Crippen LogP contribution is -2.41. The third-order valence-electron chi connectivity index (χ3n) is 5.82. The molecule has 2 aromatic rings. The molecule has 2 amide bonds. The summed E-state index contributed by atoms with van der Waals surface area (Å²) in [5.74, 6) is 0.675. The van der Waals surface area contributed by atoms with Crippen LogP contribution in [-0.4, -0.2) is 44.2 Å². The SMILES string of the molecule is COc1ccc(C=CC(=O)NC(=S)N(C)c2ccccc2C(=O)NC2CCCCC2)cc1OC. The number of ether oxygens (including phenoxy) is 2. The Bertz CT molecular complexity index is 1060. The van der Waals surface area contributed by atoms with Crippen molar-refractivity contribution < 1.29 is 19.1 Å². The fraction of sp³-hybridized carbons (Fsp3) is 0.346. The van der Waals surface area contributed by atoms with Gasteiger partial charge in [0.2, 0.25) is 5.91 Å². The fourth-order valence-electron chi connectivity index (χ4n) is 3.94. The molecule has 0 atom stereocenters. The lowest BCUT2D eigenvalue weighted by Gasteiger charge is -2.25. The zero-order valence-corrected chi connectivity index (χ0v) is 20.6. The van der Waals surface area contributed by atoms with Gasteiger partial charge in [-0.3, -0.25) is 14.9 Å². The van der Waals surface area contributed by atoms with Gasteiger partial charge in [0, 0.05) is 19.2 Å². The van der Waals surface area contributed by atoms with Crippen LogP contribution in [0.1, 0.15) is 48.0 Å². The van der Waals surface area contributed by atoms with Crippen molar-refractivity contribution in [3.05, 3.63) is 59.7 Å². The van der Waals surface area contributed by atoms with E-state index >= 15 is 0 Å². The maximum atomic E-state index is 12.9. The van der Waals surface area contributed by atoms with Gasteiger partial charge in [0.15, 0.2) is 16.6 Å². The summed E-state index contributed by atoms with van der Waals surface area (Å²) in [6, 6.07) is 12.8. The van der Waals surface area contributed by atoms with E-state index in [0.29, 0.717) is 22.7 Å². The third-order valence-corrected chi connectivity index (χ3v) is 6.20. The Kier molecular flexibility index (Phi) is 9.04. The van der Waals surface area contributed by atoms with E-state index in [9.17, 15) is 9.59 Å². The molecule has 1 aliphatic rings. The highest BCUT2D eigenvalue weighted by molar-refractivity contribution is 7.80. The van der Waals surface area contributed by atoms with Gasteiger partial charge in [-0.05, 0) is 61.0 Å². The summed E-state index contributed by atoms with van der Waals surface area (Å²) in [4.78, 5) is 27.0. The molecule has 3 rings (SSSR count). The smallest absolute Gasteiger partial charge is 0.253 e. The van der Waals surface area contributed by atoms with Gasteiger partial charge in [0.05, 0.1) is 25.5 Å². The molecular formula is C26H31N3O4S. The van der Waals surface area contributed by atoms with E-state index < -0.39 is 0 Å². The van der Waals surface area contributed by atoms with E-state index in [2.05, 4.69) is 10.6 Å². The first-order valence-electron chi connectivity index (χ1n) is 11.3. The first-order valence-corrected chi connectivity index (χ1v) is 11.7. The van der Waals surface area contributed by atoms with Gasteiger partial charge in [0.25, 0.3) is 5.91 Å². The molecule has 8 heteroatoms. The second-order valence-corrected chi connectivity index (χ2v) is 8.51. The van der Waals surface area contributed by atoms with Crippen LogP contribution < -0.4 is 25.0 Å². The van der Waals surface area contributed by atoms with Crippen molar-refractivity contribution in [1.29, 1.82) is 0 Å². The van der Waals surface area contributed by atoms with Crippen LogP contribution in [0.25, 0.3) is 6.08 Å². The molecule has 1 saturated carbocycles. The maximum absolute atomic E-state index is 12.9. The molecule has 0 radical (unpaired) electrons. The Labute approximate surface area is 206 Å². The average Bonchev–Trinajstić information content (AvgIpc) is 2.87. The summed E-state index contributed by atoms with van der Waals surface area (Å²) in [5.41, 5.74) is 1.93. The highest BCUT2D eigenvalue weighted by atomic mass is 32.1. The number of carbonyl (C=O) groups excluding carboxylic acids is 2. The number of methoxy groups -OCH3 is 2. The Hall–Kier alpha value is -3.39. The summed E-state index contributed by atoms with van der Waals surface area (Å²) in [7, 11) is 4.85. The number of rotatable bonds is 7. The molecule has 0 heterocycles. The zero-order valence-electron chi connectivity index (χ0n) is 19.8. The summed E-state index contributed by atoms with van der Waals surface area (Å²) >= 11 is 5.44. The van der Waals surface area contributed by atoms with E-state index in [0.717, 1.165) is 31.2 Å². The van der Waals surface area contributed by atoms with Gasteiger partial charge < -0.3 is 19.7 Å². The van der Waals surface area contributed by atoms with Crippen LogP contribution in [0.15, 0.2) is 48.5 Å². The molecule has 180 valence electrons. The van der Waals surface area contributed by atoms with E-state index in [1.165, 1.54) is 12.5 Å². The summed E-state index contributed by atoms with van der Waals surface area (Å²) in [6.45, 7) is 0. The zero-order chi connectivity index (χ0) is 24.5. The third kappa shape index (κ3) is 6.57. The number of hydrogen-bond donors (Lipinski definition) is 2. The first kappa shape index (κ1) is 25.2. The molecule has 2 aromatic carbocycles. The molecule has 1 fully saturated rings.